The molecule has 3 N–H and O–H groups in total. The Morgan fingerprint density at radius 2 is 1.48 bits per heavy atom. The third-order valence-corrected chi connectivity index (χ3v) is 5.44. The highest BCUT2D eigenvalue weighted by atomic mass is 35.5. The SMILES string of the molecule is O=C(CSc1cccc(NC(=O)c2ccccc2C(=O)O)c1)Nc1cc(Cl)cc(Cl)c1. The van der Waals surface area contributed by atoms with Gasteiger partial charge in [0.15, 0.2) is 0 Å². The monoisotopic (exact) mass is 474 g/mol. The summed E-state index contributed by atoms with van der Waals surface area (Å²) in [6, 6.07) is 17.7. The van der Waals surface area contributed by atoms with Gasteiger partial charge in [0.25, 0.3) is 5.91 Å². The molecule has 2 amide bonds. The van der Waals surface area contributed by atoms with Gasteiger partial charge >= 0.3 is 5.97 Å². The van der Waals surface area contributed by atoms with E-state index in [2.05, 4.69) is 10.6 Å². The molecular formula is C22H16Cl2N2O4S. The summed E-state index contributed by atoms with van der Waals surface area (Å²) in [6.45, 7) is 0. The van der Waals surface area contributed by atoms with Crippen molar-refractivity contribution in [2.75, 3.05) is 16.4 Å². The largest absolute Gasteiger partial charge is 0.478 e. The molecule has 0 heterocycles. The summed E-state index contributed by atoms with van der Waals surface area (Å²) < 4.78 is 0. The van der Waals surface area contributed by atoms with Gasteiger partial charge in [0.1, 0.15) is 0 Å². The summed E-state index contributed by atoms with van der Waals surface area (Å²) in [5.41, 5.74) is 0.967. The van der Waals surface area contributed by atoms with Gasteiger partial charge in [-0.15, -0.1) is 11.8 Å². The van der Waals surface area contributed by atoms with E-state index < -0.39 is 11.9 Å². The number of thioether (sulfide) groups is 1. The minimum absolute atomic E-state index is 0.0626. The van der Waals surface area contributed by atoms with Crippen molar-refractivity contribution in [2.24, 2.45) is 0 Å². The predicted molar refractivity (Wildman–Crippen MR) is 124 cm³/mol. The fourth-order valence-electron chi connectivity index (χ4n) is 2.70. The van der Waals surface area contributed by atoms with E-state index in [1.54, 1.807) is 54.6 Å². The van der Waals surface area contributed by atoms with Gasteiger partial charge in [0, 0.05) is 26.3 Å². The van der Waals surface area contributed by atoms with E-state index in [1.165, 1.54) is 23.9 Å². The highest BCUT2D eigenvalue weighted by Crippen LogP contribution is 2.25. The third-order valence-electron chi connectivity index (χ3n) is 4.01. The number of benzene rings is 3. The van der Waals surface area contributed by atoms with Crippen LogP contribution in [0.15, 0.2) is 71.6 Å². The maximum Gasteiger partial charge on any atom is 0.336 e. The van der Waals surface area contributed by atoms with Gasteiger partial charge < -0.3 is 15.7 Å². The van der Waals surface area contributed by atoms with Gasteiger partial charge in [-0.25, -0.2) is 4.79 Å². The Bertz CT molecular complexity index is 1130. The number of anilines is 2. The van der Waals surface area contributed by atoms with Crippen molar-refractivity contribution < 1.29 is 19.5 Å². The number of carboxylic acids is 1. The molecule has 0 aliphatic carbocycles. The summed E-state index contributed by atoms with van der Waals surface area (Å²) in [7, 11) is 0. The van der Waals surface area contributed by atoms with E-state index in [4.69, 9.17) is 23.2 Å². The van der Waals surface area contributed by atoms with E-state index in [0.29, 0.717) is 21.4 Å². The molecule has 0 radical (unpaired) electrons. The second-order valence-corrected chi connectivity index (χ2v) is 8.25. The number of carbonyl (C=O) groups excluding carboxylic acids is 2. The number of amides is 2. The number of aromatic carboxylic acids is 1. The zero-order valence-electron chi connectivity index (χ0n) is 15.9. The van der Waals surface area contributed by atoms with Crippen LogP contribution in [0.3, 0.4) is 0 Å². The lowest BCUT2D eigenvalue weighted by Crippen LogP contribution is -2.16. The van der Waals surface area contributed by atoms with Crippen molar-refractivity contribution in [3.63, 3.8) is 0 Å². The molecule has 0 aliphatic rings. The van der Waals surface area contributed by atoms with Crippen LogP contribution >= 0.6 is 35.0 Å². The van der Waals surface area contributed by atoms with Crippen molar-refractivity contribution in [3.05, 3.63) is 87.9 Å². The molecule has 0 fully saturated rings. The van der Waals surface area contributed by atoms with Gasteiger partial charge in [-0.1, -0.05) is 41.4 Å². The molecule has 0 saturated carbocycles. The van der Waals surface area contributed by atoms with E-state index in [-0.39, 0.29) is 22.8 Å². The molecule has 3 aromatic rings. The molecule has 31 heavy (non-hydrogen) atoms. The Hall–Kier alpha value is -3.00. The molecular weight excluding hydrogens is 459 g/mol. The van der Waals surface area contributed by atoms with Crippen molar-refractivity contribution in [2.45, 2.75) is 4.90 Å². The Balaban J connectivity index is 1.62. The molecule has 0 bridgehead atoms. The maximum absolute atomic E-state index is 12.5. The molecule has 0 saturated heterocycles. The Morgan fingerprint density at radius 3 is 2.16 bits per heavy atom. The summed E-state index contributed by atoms with van der Waals surface area (Å²) in [5, 5.41) is 15.5. The molecule has 0 unspecified atom stereocenters. The van der Waals surface area contributed by atoms with Gasteiger partial charge in [0.05, 0.1) is 16.9 Å². The van der Waals surface area contributed by atoms with Crippen LogP contribution in [0.4, 0.5) is 11.4 Å². The second kappa shape index (κ2) is 10.3. The summed E-state index contributed by atoms with van der Waals surface area (Å²) in [5.74, 6) is -1.82. The molecule has 0 aliphatic heterocycles. The average Bonchev–Trinajstić information content (AvgIpc) is 2.71. The number of rotatable bonds is 7. The zero-order valence-corrected chi connectivity index (χ0v) is 18.2. The van der Waals surface area contributed by atoms with Gasteiger partial charge in [0.2, 0.25) is 5.91 Å². The van der Waals surface area contributed by atoms with Gasteiger partial charge in [-0.05, 0) is 48.5 Å². The van der Waals surface area contributed by atoms with E-state index in [0.717, 1.165) is 4.90 Å². The van der Waals surface area contributed by atoms with Crippen LogP contribution in [0, 0.1) is 0 Å². The maximum atomic E-state index is 12.5. The normalized spacial score (nSPS) is 10.4. The topological polar surface area (TPSA) is 95.5 Å². The minimum Gasteiger partial charge on any atom is -0.478 e. The lowest BCUT2D eigenvalue weighted by atomic mass is 10.1. The third kappa shape index (κ3) is 6.49. The first kappa shape index (κ1) is 22.7. The lowest BCUT2D eigenvalue weighted by Gasteiger charge is -2.10. The lowest BCUT2D eigenvalue weighted by molar-refractivity contribution is -0.113. The Kier molecular flexibility index (Phi) is 7.57. The van der Waals surface area contributed by atoms with Crippen molar-refractivity contribution in [1.82, 2.24) is 0 Å². The number of hydrogen-bond donors (Lipinski definition) is 3. The first-order valence-electron chi connectivity index (χ1n) is 8.94. The van der Waals surface area contributed by atoms with Crippen molar-refractivity contribution in [3.8, 4) is 0 Å². The van der Waals surface area contributed by atoms with E-state index in [1.807, 2.05) is 0 Å². The first-order chi connectivity index (χ1) is 14.8. The first-order valence-corrected chi connectivity index (χ1v) is 10.7. The molecule has 0 atom stereocenters. The quantitative estimate of drug-likeness (QED) is 0.383. The number of carbonyl (C=O) groups is 3. The molecule has 3 aromatic carbocycles. The predicted octanol–water partition coefficient (Wildman–Crippen LogP) is 5.67. The van der Waals surface area contributed by atoms with Crippen LogP contribution in [0.2, 0.25) is 10.0 Å². The van der Waals surface area contributed by atoms with Crippen molar-refractivity contribution >= 4 is 64.1 Å². The minimum atomic E-state index is -1.18. The summed E-state index contributed by atoms with van der Waals surface area (Å²) >= 11 is 13.1. The van der Waals surface area contributed by atoms with Gasteiger partial charge in [-0.2, -0.15) is 0 Å². The average molecular weight is 475 g/mol. The molecule has 6 nitrogen and oxygen atoms in total. The van der Waals surface area contributed by atoms with E-state index in [9.17, 15) is 19.5 Å². The Labute approximate surface area is 192 Å². The van der Waals surface area contributed by atoms with Crippen LogP contribution in [-0.4, -0.2) is 28.6 Å². The highest BCUT2D eigenvalue weighted by Gasteiger charge is 2.16. The number of carboxylic acid groups (broad SMARTS) is 1. The summed E-state index contributed by atoms with van der Waals surface area (Å²) in [4.78, 5) is 36.8. The molecule has 158 valence electrons. The molecule has 0 aromatic heterocycles. The fourth-order valence-corrected chi connectivity index (χ4v) is 3.98. The summed E-state index contributed by atoms with van der Waals surface area (Å²) in [6.07, 6.45) is 0. The van der Waals surface area contributed by atoms with Crippen LogP contribution in [0.25, 0.3) is 0 Å². The number of nitrogens with one attached hydrogen (secondary N) is 2. The number of hydrogen-bond acceptors (Lipinski definition) is 4. The van der Waals surface area contributed by atoms with Gasteiger partial charge in [-0.3, -0.25) is 9.59 Å². The van der Waals surface area contributed by atoms with Crippen LogP contribution in [0.5, 0.6) is 0 Å². The Morgan fingerprint density at radius 1 is 0.806 bits per heavy atom. The molecule has 9 heteroatoms. The fraction of sp³-hybridized carbons (Fsp3) is 0.0455. The van der Waals surface area contributed by atoms with Crippen LogP contribution in [0.1, 0.15) is 20.7 Å². The van der Waals surface area contributed by atoms with Crippen LogP contribution in [-0.2, 0) is 4.79 Å². The molecule has 0 spiro atoms. The zero-order chi connectivity index (χ0) is 22.4. The molecule has 3 rings (SSSR count). The number of halogens is 2. The van der Waals surface area contributed by atoms with Crippen molar-refractivity contribution in [1.29, 1.82) is 0 Å². The smallest absolute Gasteiger partial charge is 0.336 e. The standard InChI is InChI=1S/C22H16Cl2N2O4S/c23-13-8-14(24)10-16(9-13)25-20(27)12-31-17-5-3-4-15(11-17)26-21(28)18-6-1-2-7-19(18)22(29)30/h1-11H,12H2,(H,25,27)(H,26,28)(H,29,30). The highest BCUT2D eigenvalue weighted by molar-refractivity contribution is 8.00. The second-order valence-electron chi connectivity index (χ2n) is 6.33. The van der Waals surface area contributed by atoms with Crippen LogP contribution < -0.4 is 10.6 Å². The van der Waals surface area contributed by atoms with E-state index >= 15 is 0 Å².